The average Bonchev–Trinajstić information content (AvgIpc) is 3.21. The van der Waals surface area contributed by atoms with Crippen molar-refractivity contribution in [1.82, 2.24) is 24.4 Å². The van der Waals surface area contributed by atoms with E-state index in [0.717, 1.165) is 0 Å². The highest BCUT2D eigenvalue weighted by Crippen LogP contribution is 2.33. The van der Waals surface area contributed by atoms with Crippen molar-refractivity contribution < 1.29 is 19.7 Å². The highest BCUT2D eigenvalue weighted by atomic mass is 32.2. The van der Waals surface area contributed by atoms with Gasteiger partial charge in [0, 0.05) is 19.8 Å². The molecule has 0 bridgehead atoms. The second kappa shape index (κ2) is 8.57. The Bertz CT molecular complexity index is 832. The van der Waals surface area contributed by atoms with Gasteiger partial charge in [0.25, 0.3) is 0 Å². The molecule has 1 saturated heterocycles. The Kier molecular flexibility index (Phi) is 6.35. The highest BCUT2D eigenvalue weighted by molar-refractivity contribution is 7.99. The quantitative estimate of drug-likeness (QED) is 0.397. The third-order valence-electron chi connectivity index (χ3n) is 4.61. The number of fused-ring (bicyclic) bond motifs is 1. The van der Waals surface area contributed by atoms with Crippen molar-refractivity contribution >= 4 is 34.7 Å². The first-order valence-corrected chi connectivity index (χ1v) is 9.95. The summed E-state index contributed by atoms with van der Waals surface area (Å²) in [6.45, 7) is 0. The zero-order valence-electron chi connectivity index (χ0n) is 15.7. The van der Waals surface area contributed by atoms with E-state index in [0.29, 0.717) is 29.1 Å². The SMILES string of the molecule is CN(C)C(=O)C(N)CCSC[C@H]1O[C@@H](n2cnc3c(N)ncnc32)[C@H](O)[C@@H]1O. The number of aromatic nitrogens is 4. The minimum absolute atomic E-state index is 0.124. The molecule has 12 heteroatoms. The fraction of sp³-hybridized carbons (Fsp3) is 0.625. The number of nitrogens with two attached hydrogens (primary N) is 2. The molecule has 6 N–H and O–H groups in total. The van der Waals surface area contributed by atoms with E-state index in [2.05, 4.69) is 15.0 Å². The van der Waals surface area contributed by atoms with E-state index in [4.69, 9.17) is 16.2 Å². The lowest BCUT2D eigenvalue weighted by atomic mass is 10.1. The summed E-state index contributed by atoms with van der Waals surface area (Å²) in [5.41, 5.74) is 12.5. The van der Waals surface area contributed by atoms with E-state index < -0.39 is 30.6 Å². The first-order chi connectivity index (χ1) is 13.3. The van der Waals surface area contributed by atoms with Gasteiger partial charge in [-0.1, -0.05) is 0 Å². The van der Waals surface area contributed by atoms with Crippen molar-refractivity contribution in [2.24, 2.45) is 5.73 Å². The first-order valence-electron chi connectivity index (χ1n) is 8.80. The van der Waals surface area contributed by atoms with E-state index in [9.17, 15) is 15.0 Å². The lowest BCUT2D eigenvalue weighted by molar-refractivity contribution is -0.130. The lowest BCUT2D eigenvalue weighted by Gasteiger charge is -2.17. The molecule has 1 aliphatic rings. The van der Waals surface area contributed by atoms with Crippen molar-refractivity contribution in [1.29, 1.82) is 0 Å². The standard InChI is InChI=1S/C16H25N7O4S/c1-22(2)15(26)8(17)3-4-28-5-9-11(24)12(25)16(27-9)23-7-21-10-13(18)19-6-20-14(10)23/h6-9,11-12,16,24-25H,3-5,17H2,1-2H3,(H2,18,19,20)/t8?,9-,11-,12-,16-/m1/s1. The Morgan fingerprint density at radius 2 is 2.11 bits per heavy atom. The molecule has 0 radical (unpaired) electrons. The molecule has 3 heterocycles. The van der Waals surface area contributed by atoms with Crippen molar-refractivity contribution in [3.05, 3.63) is 12.7 Å². The van der Waals surface area contributed by atoms with Gasteiger partial charge < -0.3 is 31.3 Å². The predicted molar refractivity (Wildman–Crippen MR) is 104 cm³/mol. The van der Waals surface area contributed by atoms with Gasteiger partial charge in [-0.3, -0.25) is 9.36 Å². The Balaban J connectivity index is 1.58. The van der Waals surface area contributed by atoms with E-state index in [1.165, 1.54) is 33.9 Å². The Morgan fingerprint density at radius 1 is 1.36 bits per heavy atom. The summed E-state index contributed by atoms with van der Waals surface area (Å²) in [5, 5.41) is 20.8. The molecule has 2 aromatic rings. The van der Waals surface area contributed by atoms with Gasteiger partial charge in [0.15, 0.2) is 17.7 Å². The zero-order chi connectivity index (χ0) is 20.4. The Morgan fingerprint density at radius 3 is 2.82 bits per heavy atom. The van der Waals surface area contributed by atoms with Gasteiger partial charge in [-0.05, 0) is 12.2 Å². The fourth-order valence-corrected chi connectivity index (χ4v) is 4.11. The van der Waals surface area contributed by atoms with Crippen LogP contribution in [-0.2, 0) is 9.53 Å². The summed E-state index contributed by atoms with van der Waals surface area (Å²) in [7, 11) is 3.33. The van der Waals surface area contributed by atoms with Crippen LogP contribution in [0.25, 0.3) is 11.2 Å². The molecular formula is C16H25N7O4S. The van der Waals surface area contributed by atoms with Crippen molar-refractivity contribution in [3.63, 3.8) is 0 Å². The van der Waals surface area contributed by atoms with Crippen molar-refractivity contribution in [3.8, 4) is 0 Å². The minimum atomic E-state index is -1.14. The van der Waals surface area contributed by atoms with Crippen LogP contribution >= 0.6 is 11.8 Å². The summed E-state index contributed by atoms with van der Waals surface area (Å²) < 4.78 is 7.40. The number of hydrogen-bond donors (Lipinski definition) is 4. The van der Waals surface area contributed by atoms with Crippen LogP contribution in [0.4, 0.5) is 5.82 Å². The maximum Gasteiger partial charge on any atom is 0.238 e. The Labute approximate surface area is 166 Å². The molecule has 1 unspecified atom stereocenters. The van der Waals surface area contributed by atoms with Crippen LogP contribution in [0.2, 0.25) is 0 Å². The minimum Gasteiger partial charge on any atom is -0.387 e. The number of aliphatic hydroxyl groups is 2. The molecule has 28 heavy (non-hydrogen) atoms. The maximum absolute atomic E-state index is 11.8. The third-order valence-corrected chi connectivity index (χ3v) is 5.70. The number of ether oxygens (including phenoxy) is 1. The second-order valence-corrected chi connectivity index (χ2v) is 7.98. The van der Waals surface area contributed by atoms with Crippen molar-refractivity contribution in [2.75, 3.05) is 31.3 Å². The summed E-state index contributed by atoms with van der Waals surface area (Å²) in [6.07, 6.45) is -0.349. The molecule has 2 aromatic heterocycles. The van der Waals surface area contributed by atoms with Crippen LogP contribution in [0.5, 0.6) is 0 Å². The van der Waals surface area contributed by atoms with Gasteiger partial charge in [0.2, 0.25) is 5.91 Å². The van der Waals surface area contributed by atoms with Gasteiger partial charge in [0.05, 0.1) is 18.5 Å². The highest BCUT2D eigenvalue weighted by Gasteiger charge is 2.44. The molecule has 3 rings (SSSR count). The molecule has 1 amide bonds. The van der Waals surface area contributed by atoms with E-state index in [1.807, 2.05) is 0 Å². The largest absolute Gasteiger partial charge is 0.387 e. The van der Waals surface area contributed by atoms with Crippen LogP contribution in [0.3, 0.4) is 0 Å². The normalized spacial score (nSPS) is 25.9. The van der Waals surface area contributed by atoms with Crippen LogP contribution in [0.15, 0.2) is 12.7 Å². The predicted octanol–water partition coefficient (Wildman–Crippen LogP) is -1.43. The molecule has 0 saturated carbocycles. The molecule has 0 aromatic carbocycles. The van der Waals surface area contributed by atoms with Gasteiger partial charge in [-0.15, -0.1) is 0 Å². The molecule has 0 spiro atoms. The monoisotopic (exact) mass is 411 g/mol. The number of carbonyl (C=O) groups excluding carboxylic acids is 1. The number of thioether (sulfide) groups is 1. The number of nitrogens with zero attached hydrogens (tertiary/aromatic N) is 5. The van der Waals surface area contributed by atoms with Gasteiger partial charge in [-0.2, -0.15) is 11.8 Å². The summed E-state index contributed by atoms with van der Waals surface area (Å²) in [5.74, 6) is 1.18. The number of likely N-dealkylation sites (N-methyl/N-ethyl adjacent to an activating group) is 1. The van der Waals surface area contributed by atoms with Crippen LogP contribution in [-0.4, -0.2) is 90.5 Å². The average molecular weight is 411 g/mol. The summed E-state index contributed by atoms with van der Waals surface area (Å²) >= 11 is 1.50. The van der Waals surface area contributed by atoms with Gasteiger partial charge in [-0.25, -0.2) is 15.0 Å². The van der Waals surface area contributed by atoms with Gasteiger partial charge >= 0.3 is 0 Å². The first kappa shape index (κ1) is 20.7. The van der Waals surface area contributed by atoms with Crippen LogP contribution in [0, 0.1) is 0 Å². The van der Waals surface area contributed by atoms with Crippen LogP contribution in [0.1, 0.15) is 12.6 Å². The number of anilines is 1. The number of imidazole rings is 1. The fourth-order valence-electron chi connectivity index (χ4n) is 3.02. The van der Waals surface area contributed by atoms with E-state index in [1.54, 1.807) is 14.1 Å². The maximum atomic E-state index is 11.8. The molecule has 1 aliphatic heterocycles. The summed E-state index contributed by atoms with van der Waals surface area (Å²) in [4.78, 5) is 25.4. The number of nitrogen functional groups attached to an aromatic ring is 1. The molecule has 1 fully saturated rings. The third kappa shape index (κ3) is 4.05. The smallest absolute Gasteiger partial charge is 0.238 e. The number of hydrogen-bond acceptors (Lipinski definition) is 10. The number of amides is 1. The lowest BCUT2D eigenvalue weighted by Crippen LogP contribution is -2.40. The number of carbonyl (C=O) groups is 1. The number of aliphatic hydroxyl groups excluding tert-OH is 2. The Hall–Kier alpha value is -1.99. The van der Waals surface area contributed by atoms with E-state index in [-0.39, 0.29) is 11.7 Å². The summed E-state index contributed by atoms with van der Waals surface area (Å²) in [6, 6.07) is -0.558. The molecule has 5 atom stereocenters. The van der Waals surface area contributed by atoms with Gasteiger partial charge in [0.1, 0.15) is 24.1 Å². The molecular weight excluding hydrogens is 386 g/mol. The van der Waals surface area contributed by atoms with E-state index >= 15 is 0 Å². The number of rotatable bonds is 7. The topological polar surface area (TPSA) is 166 Å². The second-order valence-electron chi connectivity index (χ2n) is 6.83. The van der Waals surface area contributed by atoms with Crippen molar-refractivity contribution in [2.45, 2.75) is 37.0 Å². The molecule has 0 aliphatic carbocycles. The molecule has 11 nitrogen and oxygen atoms in total. The molecule has 154 valence electrons. The van der Waals surface area contributed by atoms with Crippen LogP contribution < -0.4 is 11.5 Å². The zero-order valence-corrected chi connectivity index (χ0v) is 16.5.